The maximum Gasteiger partial charge on any atom is 0.242 e. The van der Waals surface area contributed by atoms with Crippen molar-refractivity contribution in [1.82, 2.24) is 10.6 Å². The Morgan fingerprint density at radius 2 is 2.22 bits per heavy atom. The second-order valence-electron chi connectivity index (χ2n) is 2.01. The fourth-order valence-electron chi connectivity index (χ4n) is 0.679. The Labute approximate surface area is 52.6 Å². The minimum absolute atomic E-state index is 0.114. The first kappa shape index (κ1) is 6.07. The first-order valence-corrected chi connectivity index (χ1v) is 2.77. The van der Waals surface area contributed by atoms with Crippen LogP contribution < -0.4 is 10.6 Å². The average molecular weight is 128 g/mol. The van der Waals surface area contributed by atoms with Gasteiger partial charge in [-0.2, -0.15) is 0 Å². The van der Waals surface area contributed by atoms with Gasteiger partial charge in [0.05, 0.1) is 6.54 Å². The SMILES string of the molecule is C[C@@H]1NC(=O)CNC1=O. The number of nitrogens with one attached hydrogen (secondary N) is 2. The van der Waals surface area contributed by atoms with E-state index in [-0.39, 0.29) is 24.4 Å². The maximum atomic E-state index is 10.6. The fourth-order valence-corrected chi connectivity index (χ4v) is 0.679. The van der Waals surface area contributed by atoms with Crippen molar-refractivity contribution in [2.75, 3.05) is 6.54 Å². The summed E-state index contributed by atoms with van der Waals surface area (Å²) in [5.74, 6) is -0.239. The Morgan fingerprint density at radius 3 is 2.67 bits per heavy atom. The highest BCUT2D eigenvalue weighted by Crippen LogP contribution is 1.86. The van der Waals surface area contributed by atoms with E-state index < -0.39 is 0 Å². The molecule has 0 spiro atoms. The number of piperazine rings is 1. The topological polar surface area (TPSA) is 58.2 Å². The number of hydrogen-bond acceptors (Lipinski definition) is 2. The predicted octanol–water partition coefficient (Wildman–Crippen LogP) is -1.38. The van der Waals surface area contributed by atoms with Gasteiger partial charge in [-0.3, -0.25) is 9.59 Å². The van der Waals surface area contributed by atoms with E-state index in [1.807, 2.05) is 0 Å². The molecule has 0 aliphatic carbocycles. The molecule has 0 bridgehead atoms. The molecule has 0 saturated carbocycles. The zero-order valence-electron chi connectivity index (χ0n) is 5.10. The molecule has 1 rings (SSSR count). The van der Waals surface area contributed by atoms with Crippen molar-refractivity contribution in [3.05, 3.63) is 0 Å². The van der Waals surface area contributed by atoms with E-state index in [1.165, 1.54) is 0 Å². The van der Waals surface area contributed by atoms with Gasteiger partial charge in [-0.25, -0.2) is 0 Å². The monoisotopic (exact) mass is 128 g/mol. The van der Waals surface area contributed by atoms with Gasteiger partial charge in [0.2, 0.25) is 11.8 Å². The van der Waals surface area contributed by atoms with Crippen LogP contribution in [0.5, 0.6) is 0 Å². The number of rotatable bonds is 0. The molecule has 0 radical (unpaired) electrons. The van der Waals surface area contributed by atoms with E-state index in [0.717, 1.165) is 0 Å². The molecule has 4 heteroatoms. The summed E-state index contributed by atoms with van der Waals surface area (Å²) < 4.78 is 0. The molecule has 1 aliphatic rings. The highest BCUT2D eigenvalue weighted by molar-refractivity contribution is 5.94. The largest absolute Gasteiger partial charge is 0.345 e. The summed E-state index contributed by atoms with van der Waals surface area (Å²) in [7, 11) is 0. The van der Waals surface area contributed by atoms with Crippen LogP contribution in [-0.4, -0.2) is 24.4 Å². The van der Waals surface area contributed by atoms with Crippen molar-refractivity contribution >= 4 is 11.8 Å². The fraction of sp³-hybridized carbons (Fsp3) is 0.600. The van der Waals surface area contributed by atoms with Gasteiger partial charge in [0.15, 0.2) is 0 Å². The number of carbonyl (C=O) groups excluding carboxylic acids is 2. The first-order valence-electron chi connectivity index (χ1n) is 2.77. The van der Waals surface area contributed by atoms with Crippen molar-refractivity contribution < 1.29 is 9.59 Å². The maximum absolute atomic E-state index is 10.6. The first-order chi connectivity index (χ1) is 4.20. The summed E-state index contributed by atoms with van der Waals surface area (Å²) in [5, 5.41) is 4.91. The summed E-state index contributed by atoms with van der Waals surface area (Å²) in [6, 6.07) is -0.369. The van der Waals surface area contributed by atoms with Gasteiger partial charge in [0, 0.05) is 0 Å². The highest BCUT2D eigenvalue weighted by atomic mass is 16.2. The van der Waals surface area contributed by atoms with E-state index in [4.69, 9.17) is 0 Å². The van der Waals surface area contributed by atoms with Crippen LogP contribution in [0.4, 0.5) is 0 Å². The van der Waals surface area contributed by atoms with Crippen LogP contribution in [-0.2, 0) is 9.59 Å². The van der Waals surface area contributed by atoms with Gasteiger partial charge >= 0.3 is 0 Å². The Morgan fingerprint density at radius 1 is 1.56 bits per heavy atom. The zero-order chi connectivity index (χ0) is 6.85. The van der Waals surface area contributed by atoms with Gasteiger partial charge in [0.1, 0.15) is 6.04 Å². The summed E-state index contributed by atoms with van der Waals surface area (Å²) in [6.45, 7) is 1.76. The second kappa shape index (κ2) is 2.05. The van der Waals surface area contributed by atoms with Crippen molar-refractivity contribution in [2.24, 2.45) is 0 Å². The van der Waals surface area contributed by atoms with Crippen LogP contribution >= 0.6 is 0 Å². The van der Waals surface area contributed by atoms with Crippen LogP contribution in [0.2, 0.25) is 0 Å². The molecule has 2 amide bonds. The van der Waals surface area contributed by atoms with Crippen LogP contribution in [0.3, 0.4) is 0 Å². The minimum atomic E-state index is -0.369. The Balaban J connectivity index is 2.54. The molecule has 9 heavy (non-hydrogen) atoms. The average Bonchev–Trinajstić information content (AvgIpc) is 1.80. The molecule has 50 valence electrons. The van der Waals surface area contributed by atoms with Gasteiger partial charge in [0.25, 0.3) is 0 Å². The van der Waals surface area contributed by atoms with E-state index in [0.29, 0.717) is 0 Å². The lowest BCUT2D eigenvalue weighted by atomic mass is 10.2. The van der Waals surface area contributed by atoms with Gasteiger partial charge < -0.3 is 10.6 Å². The molecule has 0 aromatic heterocycles. The number of carbonyl (C=O) groups is 2. The lowest BCUT2D eigenvalue weighted by molar-refractivity contribution is -0.133. The van der Waals surface area contributed by atoms with Crippen molar-refractivity contribution in [3.8, 4) is 0 Å². The van der Waals surface area contributed by atoms with Crippen LogP contribution in [0.25, 0.3) is 0 Å². The Hall–Kier alpha value is -1.06. The smallest absolute Gasteiger partial charge is 0.242 e. The molecule has 1 aliphatic heterocycles. The van der Waals surface area contributed by atoms with E-state index in [9.17, 15) is 9.59 Å². The molecule has 0 unspecified atom stereocenters. The van der Waals surface area contributed by atoms with Crippen LogP contribution in [0.15, 0.2) is 0 Å². The standard InChI is InChI=1S/C5H8N2O2/c1-3-5(9)6-2-4(8)7-3/h3H,2H2,1H3,(H,6,9)(H,7,8)/t3-/m0/s1. The second-order valence-corrected chi connectivity index (χ2v) is 2.01. The summed E-state index contributed by atoms with van der Waals surface area (Å²) >= 11 is 0. The number of hydrogen-bond donors (Lipinski definition) is 2. The molecule has 1 saturated heterocycles. The normalized spacial score (nSPS) is 27.0. The molecule has 1 heterocycles. The molecule has 1 atom stereocenters. The lowest BCUT2D eigenvalue weighted by Gasteiger charge is -2.18. The molecule has 1 fully saturated rings. The van der Waals surface area contributed by atoms with Gasteiger partial charge in [-0.05, 0) is 6.92 Å². The van der Waals surface area contributed by atoms with E-state index in [2.05, 4.69) is 10.6 Å². The number of amides is 2. The zero-order valence-corrected chi connectivity index (χ0v) is 5.10. The molecular formula is C5H8N2O2. The molecular weight excluding hydrogens is 120 g/mol. The quantitative estimate of drug-likeness (QED) is 0.422. The third-order valence-electron chi connectivity index (χ3n) is 1.19. The van der Waals surface area contributed by atoms with E-state index in [1.54, 1.807) is 6.92 Å². The predicted molar refractivity (Wildman–Crippen MR) is 30.6 cm³/mol. The van der Waals surface area contributed by atoms with Gasteiger partial charge in [-0.15, -0.1) is 0 Å². The van der Waals surface area contributed by atoms with E-state index >= 15 is 0 Å². The highest BCUT2D eigenvalue weighted by Gasteiger charge is 2.20. The summed E-state index contributed by atoms with van der Waals surface area (Å²) in [5.41, 5.74) is 0. The third kappa shape index (κ3) is 1.19. The minimum Gasteiger partial charge on any atom is -0.345 e. The third-order valence-corrected chi connectivity index (χ3v) is 1.19. The molecule has 4 nitrogen and oxygen atoms in total. The van der Waals surface area contributed by atoms with Crippen LogP contribution in [0, 0.1) is 0 Å². The van der Waals surface area contributed by atoms with Crippen molar-refractivity contribution in [2.45, 2.75) is 13.0 Å². The van der Waals surface area contributed by atoms with Crippen molar-refractivity contribution in [3.63, 3.8) is 0 Å². The lowest BCUT2D eigenvalue weighted by Crippen LogP contribution is -2.54. The molecule has 0 aromatic rings. The van der Waals surface area contributed by atoms with Crippen LogP contribution in [0.1, 0.15) is 6.92 Å². The molecule has 2 N–H and O–H groups in total. The Kier molecular flexibility index (Phi) is 1.38. The van der Waals surface area contributed by atoms with Crippen molar-refractivity contribution in [1.29, 1.82) is 0 Å². The summed E-state index contributed by atoms with van der Waals surface area (Å²) in [4.78, 5) is 21.1. The summed E-state index contributed by atoms with van der Waals surface area (Å²) in [6.07, 6.45) is 0. The molecule has 0 aromatic carbocycles. The Bertz CT molecular complexity index is 155. The van der Waals surface area contributed by atoms with Gasteiger partial charge in [-0.1, -0.05) is 0 Å².